The lowest BCUT2D eigenvalue weighted by Crippen LogP contribution is -2.44. The summed E-state index contributed by atoms with van der Waals surface area (Å²) in [6, 6.07) is 2.01. The maximum Gasteiger partial charge on any atom is 0.145 e. The van der Waals surface area contributed by atoms with Crippen molar-refractivity contribution < 1.29 is 9.47 Å². The molecule has 0 bridgehead atoms. The Hall–Kier alpha value is -1.42. The lowest BCUT2D eigenvalue weighted by atomic mass is 10.0. The molecule has 1 aromatic rings. The van der Waals surface area contributed by atoms with Gasteiger partial charge >= 0.3 is 0 Å². The Labute approximate surface area is 116 Å². The predicted octanol–water partition coefficient (Wildman–Crippen LogP) is 2.49. The van der Waals surface area contributed by atoms with Crippen LogP contribution in [0.5, 0.6) is 11.5 Å². The van der Waals surface area contributed by atoms with E-state index in [4.69, 9.17) is 15.2 Å². The highest BCUT2D eigenvalue weighted by molar-refractivity contribution is 5.67. The predicted molar refractivity (Wildman–Crippen MR) is 80.6 cm³/mol. The van der Waals surface area contributed by atoms with Crippen molar-refractivity contribution in [1.29, 1.82) is 0 Å². The maximum atomic E-state index is 6.09. The van der Waals surface area contributed by atoms with Crippen molar-refractivity contribution in [2.24, 2.45) is 5.73 Å². The third kappa shape index (κ3) is 3.53. The van der Waals surface area contributed by atoms with E-state index in [1.54, 1.807) is 14.2 Å². The molecule has 0 aliphatic heterocycles. The minimum atomic E-state index is -0.272. The summed E-state index contributed by atoms with van der Waals surface area (Å²) in [5.41, 5.74) is 9.02. The Kier molecular flexibility index (Phi) is 4.69. The third-order valence-corrected chi connectivity index (χ3v) is 3.25. The van der Waals surface area contributed by atoms with Gasteiger partial charge in [-0.1, -0.05) is 0 Å². The normalized spacial score (nSPS) is 11.4. The fraction of sp³-hybridized carbons (Fsp3) is 0.600. The summed E-state index contributed by atoms with van der Waals surface area (Å²) in [6.07, 6.45) is 0. The zero-order chi connectivity index (χ0) is 14.8. The number of hydrogen-bond donors (Lipinski definition) is 1. The Balaban J connectivity index is 3.29. The molecule has 1 rings (SSSR count). The van der Waals surface area contributed by atoms with Crippen molar-refractivity contribution in [2.45, 2.75) is 33.2 Å². The van der Waals surface area contributed by atoms with Crippen LogP contribution in [0.15, 0.2) is 6.07 Å². The van der Waals surface area contributed by atoms with Crippen LogP contribution in [0, 0.1) is 13.8 Å². The first-order valence-electron chi connectivity index (χ1n) is 6.43. The fourth-order valence-corrected chi connectivity index (χ4v) is 2.29. The Morgan fingerprint density at radius 3 is 2.16 bits per heavy atom. The van der Waals surface area contributed by atoms with Crippen molar-refractivity contribution in [1.82, 2.24) is 0 Å². The number of hydrogen-bond acceptors (Lipinski definition) is 4. The lowest BCUT2D eigenvalue weighted by molar-refractivity contribution is 0.396. The molecular formula is C15H26N2O2. The van der Waals surface area contributed by atoms with Crippen molar-refractivity contribution in [3.05, 3.63) is 17.2 Å². The van der Waals surface area contributed by atoms with E-state index >= 15 is 0 Å². The maximum absolute atomic E-state index is 6.09. The highest BCUT2D eigenvalue weighted by atomic mass is 16.5. The smallest absolute Gasteiger partial charge is 0.145 e. The summed E-state index contributed by atoms with van der Waals surface area (Å²) in [7, 11) is 5.39. The molecular weight excluding hydrogens is 240 g/mol. The SMILES string of the molecule is COc1cc(N(C)CC(C)(C)N)c(OC)c(C)c1C. The molecule has 19 heavy (non-hydrogen) atoms. The molecule has 0 aliphatic rings. The molecule has 0 saturated heterocycles. The average Bonchev–Trinajstić information content (AvgIpc) is 2.30. The van der Waals surface area contributed by atoms with Gasteiger partial charge in [0.25, 0.3) is 0 Å². The van der Waals surface area contributed by atoms with E-state index in [0.717, 1.165) is 34.9 Å². The number of anilines is 1. The summed E-state index contributed by atoms with van der Waals surface area (Å²) in [5.74, 6) is 1.75. The summed E-state index contributed by atoms with van der Waals surface area (Å²) >= 11 is 0. The van der Waals surface area contributed by atoms with E-state index in [2.05, 4.69) is 4.90 Å². The van der Waals surface area contributed by atoms with Crippen LogP contribution in [0.2, 0.25) is 0 Å². The molecule has 0 radical (unpaired) electrons. The van der Waals surface area contributed by atoms with Crippen molar-refractivity contribution in [2.75, 3.05) is 32.7 Å². The minimum Gasteiger partial charge on any atom is -0.496 e. The molecule has 4 nitrogen and oxygen atoms in total. The number of benzene rings is 1. The minimum absolute atomic E-state index is 0.272. The molecule has 108 valence electrons. The third-order valence-electron chi connectivity index (χ3n) is 3.25. The van der Waals surface area contributed by atoms with Gasteiger partial charge in [0.05, 0.1) is 19.9 Å². The van der Waals surface area contributed by atoms with Crippen LogP contribution >= 0.6 is 0 Å². The summed E-state index contributed by atoms with van der Waals surface area (Å²) in [5, 5.41) is 0. The molecule has 0 saturated carbocycles. The fourth-order valence-electron chi connectivity index (χ4n) is 2.29. The zero-order valence-corrected chi connectivity index (χ0v) is 13.1. The van der Waals surface area contributed by atoms with Gasteiger partial charge in [-0.3, -0.25) is 0 Å². The Morgan fingerprint density at radius 1 is 1.16 bits per heavy atom. The van der Waals surface area contributed by atoms with Crippen LogP contribution in [-0.2, 0) is 0 Å². The lowest BCUT2D eigenvalue weighted by Gasteiger charge is -2.30. The van der Waals surface area contributed by atoms with Gasteiger partial charge in [0.15, 0.2) is 0 Å². The average molecular weight is 266 g/mol. The second-order valence-corrected chi connectivity index (χ2v) is 5.73. The first-order valence-corrected chi connectivity index (χ1v) is 6.43. The molecule has 0 fully saturated rings. The van der Waals surface area contributed by atoms with Crippen LogP contribution in [0.25, 0.3) is 0 Å². The molecule has 0 heterocycles. The van der Waals surface area contributed by atoms with Crippen LogP contribution in [-0.4, -0.2) is 33.4 Å². The molecule has 0 aliphatic carbocycles. The Bertz CT molecular complexity index is 450. The summed E-state index contributed by atoms with van der Waals surface area (Å²) in [6.45, 7) is 8.83. The van der Waals surface area contributed by atoms with Crippen molar-refractivity contribution in [3.63, 3.8) is 0 Å². The Morgan fingerprint density at radius 2 is 1.74 bits per heavy atom. The van der Waals surface area contributed by atoms with Crippen LogP contribution < -0.4 is 20.1 Å². The molecule has 0 amide bonds. The number of likely N-dealkylation sites (N-methyl/N-ethyl adjacent to an activating group) is 1. The van der Waals surface area contributed by atoms with Gasteiger partial charge in [-0.25, -0.2) is 0 Å². The van der Waals surface area contributed by atoms with Gasteiger partial charge in [-0.05, 0) is 38.8 Å². The van der Waals surface area contributed by atoms with Gasteiger partial charge in [0, 0.05) is 25.2 Å². The molecule has 0 aromatic heterocycles. The molecule has 1 aromatic carbocycles. The van der Waals surface area contributed by atoms with E-state index in [1.807, 2.05) is 40.8 Å². The zero-order valence-electron chi connectivity index (χ0n) is 13.1. The number of nitrogens with two attached hydrogens (primary N) is 1. The quantitative estimate of drug-likeness (QED) is 0.889. The van der Waals surface area contributed by atoms with Crippen LogP contribution in [0.3, 0.4) is 0 Å². The van der Waals surface area contributed by atoms with Crippen LogP contribution in [0.1, 0.15) is 25.0 Å². The van der Waals surface area contributed by atoms with Gasteiger partial charge < -0.3 is 20.1 Å². The molecule has 0 unspecified atom stereocenters. The van der Waals surface area contributed by atoms with E-state index < -0.39 is 0 Å². The van der Waals surface area contributed by atoms with E-state index in [1.165, 1.54) is 0 Å². The van der Waals surface area contributed by atoms with E-state index in [9.17, 15) is 0 Å². The second kappa shape index (κ2) is 5.70. The summed E-state index contributed by atoms with van der Waals surface area (Å²) < 4.78 is 11.0. The van der Waals surface area contributed by atoms with Crippen LogP contribution in [0.4, 0.5) is 5.69 Å². The highest BCUT2D eigenvalue weighted by Gasteiger charge is 2.20. The second-order valence-electron chi connectivity index (χ2n) is 5.73. The molecule has 0 spiro atoms. The standard InChI is InChI=1S/C15H26N2O2/c1-10-11(2)14(19-7)12(8-13(10)18-6)17(5)9-15(3,4)16/h8H,9,16H2,1-7H3. The van der Waals surface area contributed by atoms with Gasteiger partial charge in [0.2, 0.25) is 0 Å². The largest absolute Gasteiger partial charge is 0.496 e. The number of nitrogens with zero attached hydrogens (tertiary/aromatic N) is 1. The molecule has 2 N–H and O–H groups in total. The number of ether oxygens (including phenoxy) is 2. The topological polar surface area (TPSA) is 47.7 Å². The molecule has 0 atom stereocenters. The van der Waals surface area contributed by atoms with Gasteiger partial charge in [0.1, 0.15) is 11.5 Å². The number of methoxy groups -OCH3 is 2. The van der Waals surface area contributed by atoms with E-state index in [0.29, 0.717) is 0 Å². The number of rotatable bonds is 5. The van der Waals surface area contributed by atoms with Gasteiger partial charge in [-0.2, -0.15) is 0 Å². The molecule has 4 heteroatoms. The first-order chi connectivity index (χ1) is 8.71. The van der Waals surface area contributed by atoms with E-state index in [-0.39, 0.29) is 5.54 Å². The summed E-state index contributed by atoms with van der Waals surface area (Å²) in [4.78, 5) is 2.10. The van der Waals surface area contributed by atoms with Crippen molar-refractivity contribution >= 4 is 5.69 Å². The first kappa shape index (κ1) is 15.6. The highest BCUT2D eigenvalue weighted by Crippen LogP contribution is 2.38. The van der Waals surface area contributed by atoms with Crippen molar-refractivity contribution in [3.8, 4) is 11.5 Å². The monoisotopic (exact) mass is 266 g/mol. The van der Waals surface area contributed by atoms with Gasteiger partial charge in [-0.15, -0.1) is 0 Å².